The summed E-state index contributed by atoms with van der Waals surface area (Å²) < 4.78 is 11.0. The largest absolute Gasteiger partial charge is 0.377 e. The molecule has 16 heavy (non-hydrogen) atoms. The van der Waals surface area contributed by atoms with E-state index in [9.17, 15) is 0 Å². The minimum Gasteiger partial charge on any atom is -0.377 e. The van der Waals surface area contributed by atoms with Gasteiger partial charge in [0.15, 0.2) is 0 Å². The fourth-order valence-electron chi connectivity index (χ4n) is 1.94. The summed E-state index contributed by atoms with van der Waals surface area (Å²) >= 11 is 0. The summed E-state index contributed by atoms with van der Waals surface area (Å²) in [5.74, 6) is 0. The maximum Gasteiger partial charge on any atom is 0.0809 e. The predicted octanol–water partition coefficient (Wildman–Crippen LogP) is 2.35. The molecule has 1 atom stereocenters. The van der Waals surface area contributed by atoms with E-state index in [0.29, 0.717) is 6.10 Å². The molecule has 3 heteroatoms. The third-order valence-corrected chi connectivity index (χ3v) is 2.96. The van der Waals surface area contributed by atoms with Crippen LogP contribution >= 0.6 is 0 Å². The third-order valence-electron chi connectivity index (χ3n) is 2.96. The van der Waals surface area contributed by atoms with Gasteiger partial charge in [-0.2, -0.15) is 0 Å². The zero-order chi connectivity index (χ0) is 11.5. The Balaban J connectivity index is 1.71. The topological polar surface area (TPSA) is 30.5 Å². The number of unbranched alkanes of at least 4 members (excludes halogenated alkanes) is 3. The van der Waals surface area contributed by atoms with Crippen molar-refractivity contribution in [1.29, 1.82) is 0 Å². The van der Waals surface area contributed by atoms with Crippen molar-refractivity contribution in [2.45, 2.75) is 51.6 Å². The van der Waals surface area contributed by atoms with Crippen LogP contribution in [-0.2, 0) is 9.47 Å². The molecule has 96 valence electrons. The monoisotopic (exact) mass is 229 g/mol. The molecule has 1 unspecified atom stereocenters. The Morgan fingerprint density at radius 3 is 2.94 bits per heavy atom. The van der Waals surface area contributed by atoms with Crippen LogP contribution in [0.5, 0.6) is 0 Å². The molecule has 1 aliphatic heterocycles. The normalized spacial score (nSPS) is 20.4. The number of rotatable bonds is 10. The van der Waals surface area contributed by atoms with Crippen LogP contribution in [0.15, 0.2) is 0 Å². The van der Waals surface area contributed by atoms with Crippen molar-refractivity contribution in [3.63, 3.8) is 0 Å². The molecule has 1 N–H and O–H groups in total. The minimum absolute atomic E-state index is 0.365. The van der Waals surface area contributed by atoms with E-state index in [1.165, 1.54) is 38.5 Å². The van der Waals surface area contributed by atoms with Gasteiger partial charge >= 0.3 is 0 Å². The van der Waals surface area contributed by atoms with Gasteiger partial charge in [0.1, 0.15) is 0 Å². The van der Waals surface area contributed by atoms with E-state index in [4.69, 9.17) is 9.47 Å². The van der Waals surface area contributed by atoms with Crippen LogP contribution in [0.3, 0.4) is 0 Å². The number of hydrogen-bond acceptors (Lipinski definition) is 3. The van der Waals surface area contributed by atoms with Crippen LogP contribution in [0, 0.1) is 0 Å². The van der Waals surface area contributed by atoms with Gasteiger partial charge in [-0.15, -0.1) is 0 Å². The van der Waals surface area contributed by atoms with Gasteiger partial charge in [-0.1, -0.05) is 26.2 Å². The van der Waals surface area contributed by atoms with Gasteiger partial charge in [0.2, 0.25) is 0 Å². The van der Waals surface area contributed by atoms with E-state index in [2.05, 4.69) is 12.2 Å². The van der Waals surface area contributed by atoms with Gasteiger partial charge in [0.05, 0.1) is 19.3 Å². The highest BCUT2D eigenvalue weighted by atomic mass is 16.5. The van der Waals surface area contributed by atoms with Crippen LogP contribution in [-0.4, -0.2) is 39.0 Å². The number of nitrogens with one attached hydrogen (secondary N) is 1. The maximum atomic E-state index is 5.56. The average molecular weight is 229 g/mol. The van der Waals surface area contributed by atoms with Crippen molar-refractivity contribution in [3.05, 3.63) is 0 Å². The van der Waals surface area contributed by atoms with E-state index < -0.39 is 0 Å². The first-order chi connectivity index (χ1) is 7.93. The summed E-state index contributed by atoms with van der Waals surface area (Å²) in [7, 11) is 0. The number of ether oxygens (including phenoxy) is 2. The van der Waals surface area contributed by atoms with Gasteiger partial charge in [0.25, 0.3) is 0 Å². The third kappa shape index (κ3) is 7.20. The lowest BCUT2D eigenvalue weighted by Crippen LogP contribution is -2.23. The van der Waals surface area contributed by atoms with Crippen LogP contribution in [0.4, 0.5) is 0 Å². The molecule has 0 amide bonds. The Kier molecular flexibility index (Phi) is 8.77. The average Bonchev–Trinajstić information content (AvgIpc) is 2.80. The van der Waals surface area contributed by atoms with Crippen LogP contribution < -0.4 is 5.32 Å². The summed E-state index contributed by atoms with van der Waals surface area (Å²) in [5.41, 5.74) is 0. The summed E-state index contributed by atoms with van der Waals surface area (Å²) in [6.45, 7) is 6.85. The van der Waals surface area contributed by atoms with Gasteiger partial charge < -0.3 is 14.8 Å². The fourth-order valence-corrected chi connectivity index (χ4v) is 1.94. The molecule has 0 aliphatic carbocycles. The van der Waals surface area contributed by atoms with Crippen molar-refractivity contribution in [3.8, 4) is 0 Å². The molecule has 0 aromatic heterocycles. The highest BCUT2D eigenvalue weighted by Crippen LogP contribution is 2.11. The van der Waals surface area contributed by atoms with Crippen molar-refractivity contribution < 1.29 is 9.47 Å². The standard InChI is InChI=1S/C13H27NO2/c1-2-3-4-5-8-14-9-11-15-12-13-7-6-10-16-13/h13-14H,2-12H2,1H3. The second-order valence-electron chi connectivity index (χ2n) is 4.52. The second-order valence-corrected chi connectivity index (χ2v) is 4.52. The molecule has 1 rings (SSSR count). The van der Waals surface area contributed by atoms with Crippen LogP contribution in [0.2, 0.25) is 0 Å². The molecule has 0 saturated carbocycles. The Labute approximate surface area is 99.9 Å². The van der Waals surface area contributed by atoms with Gasteiger partial charge in [0, 0.05) is 13.2 Å². The van der Waals surface area contributed by atoms with Crippen LogP contribution in [0.25, 0.3) is 0 Å². The second kappa shape index (κ2) is 10.1. The molecule has 0 aromatic carbocycles. The Hall–Kier alpha value is -0.120. The first-order valence-electron chi connectivity index (χ1n) is 6.83. The highest BCUT2D eigenvalue weighted by Gasteiger charge is 2.14. The summed E-state index contributed by atoms with van der Waals surface area (Å²) in [6, 6.07) is 0. The Bertz CT molecular complexity index is 147. The molecule has 1 saturated heterocycles. The zero-order valence-electron chi connectivity index (χ0n) is 10.7. The quantitative estimate of drug-likeness (QED) is 0.583. The molecule has 1 fully saturated rings. The molecule has 0 bridgehead atoms. The summed E-state index contributed by atoms with van der Waals surface area (Å²) in [5, 5.41) is 3.40. The lowest BCUT2D eigenvalue weighted by molar-refractivity contribution is 0.0183. The first-order valence-corrected chi connectivity index (χ1v) is 6.83. The molecular formula is C13H27NO2. The minimum atomic E-state index is 0.365. The van der Waals surface area contributed by atoms with E-state index in [1.807, 2.05) is 0 Å². The SMILES string of the molecule is CCCCCCNCCOCC1CCCO1. The Morgan fingerprint density at radius 1 is 1.25 bits per heavy atom. The maximum absolute atomic E-state index is 5.56. The molecule has 3 nitrogen and oxygen atoms in total. The zero-order valence-corrected chi connectivity index (χ0v) is 10.7. The molecular weight excluding hydrogens is 202 g/mol. The van der Waals surface area contributed by atoms with Crippen molar-refractivity contribution in [1.82, 2.24) is 5.32 Å². The van der Waals surface area contributed by atoms with E-state index in [1.54, 1.807) is 0 Å². The molecule has 0 spiro atoms. The van der Waals surface area contributed by atoms with E-state index in [0.717, 1.165) is 32.9 Å². The van der Waals surface area contributed by atoms with Crippen molar-refractivity contribution in [2.75, 3.05) is 32.9 Å². The molecule has 1 heterocycles. The lowest BCUT2D eigenvalue weighted by Gasteiger charge is -2.10. The summed E-state index contributed by atoms with van der Waals surface area (Å²) in [4.78, 5) is 0. The molecule has 0 aromatic rings. The molecule has 0 radical (unpaired) electrons. The lowest BCUT2D eigenvalue weighted by atomic mass is 10.2. The van der Waals surface area contributed by atoms with E-state index >= 15 is 0 Å². The smallest absolute Gasteiger partial charge is 0.0809 e. The summed E-state index contributed by atoms with van der Waals surface area (Å²) in [6.07, 6.45) is 8.04. The molecule has 1 aliphatic rings. The number of hydrogen-bond donors (Lipinski definition) is 1. The van der Waals surface area contributed by atoms with Gasteiger partial charge in [-0.25, -0.2) is 0 Å². The van der Waals surface area contributed by atoms with E-state index in [-0.39, 0.29) is 0 Å². The van der Waals surface area contributed by atoms with Crippen molar-refractivity contribution in [2.24, 2.45) is 0 Å². The fraction of sp³-hybridized carbons (Fsp3) is 1.00. The van der Waals surface area contributed by atoms with Gasteiger partial charge in [-0.3, -0.25) is 0 Å². The van der Waals surface area contributed by atoms with Crippen LogP contribution in [0.1, 0.15) is 45.4 Å². The van der Waals surface area contributed by atoms with Crippen molar-refractivity contribution >= 4 is 0 Å². The Morgan fingerprint density at radius 2 is 2.19 bits per heavy atom. The van der Waals surface area contributed by atoms with Gasteiger partial charge in [-0.05, 0) is 25.8 Å². The highest BCUT2D eigenvalue weighted by molar-refractivity contribution is 4.63. The first kappa shape index (κ1) is 13.9. The predicted molar refractivity (Wildman–Crippen MR) is 66.8 cm³/mol.